The maximum absolute atomic E-state index is 5.80. The van der Waals surface area contributed by atoms with E-state index in [-0.39, 0.29) is 0 Å². The van der Waals surface area contributed by atoms with Gasteiger partial charge >= 0.3 is 0 Å². The first-order chi connectivity index (χ1) is 6.65. The number of aryl methyl sites for hydroxylation is 2. The zero-order valence-corrected chi connectivity index (χ0v) is 10.1. The highest BCUT2D eigenvalue weighted by atomic mass is 35.5. The van der Waals surface area contributed by atoms with Gasteiger partial charge in [-0.05, 0) is 49.3 Å². The van der Waals surface area contributed by atoms with E-state index in [1.807, 2.05) is 0 Å². The van der Waals surface area contributed by atoms with E-state index in [1.165, 1.54) is 23.1 Å². The van der Waals surface area contributed by atoms with Crippen LogP contribution in [0.5, 0.6) is 0 Å². The summed E-state index contributed by atoms with van der Waals surface area (Å²) in [5.74, 6) is 1.39. The molecule has 14 heavy (non-hydrogen) atoms. The van der Waals surface area contributed by atoms with Crippen molar-refractivity contribution in [3.63, 3.8) is 0 Å². The smallest absolute Gasteiger partial charge is 0.0249 e. The van der Waals surface area contributed by atoms with Crippen LogP contribution in [0.3, 0.4) is 0 Å². The second kappa shape index (κ2) is 5.41. The Kier molecular flexibility index (Phi) is 4.47. The van der Waals surface area contributed by atoms with E-state index in [2.05, 4.69) is 39.0 Å². The van der Waals surface area contributed by atoms with Crippen molar-refractivity contribution in [1.29, 1.82) is 0 Å². The number of hydrogen-bond donors (Lipinski definition) is 0. The van der Waals surface area contributed by atoms with Crippen molar-refractivity contribution in [2.75, 3.05) is 5.88 Å². The molecule has 0 bridgehead atoms. The second-order valence-electron chi connectivity index (χ2n) is 4.17. The molecule has 78 valence electrons. The molecule has 0 aliphatic heterocycles. The van der Waals surface area contributed by atoms with Crippen LogP contribution in [-0.4, -0.2) is 5.88 Å². The van der Waals surface area contributed by atoms with Gasteiger partial charge in [0.2, 0.25) is 0 Å². The first-order valence-corrected chi connectivity index (χ1v) is 5.79. The maximum Gasteiger partial charge on any atom is 0.0249 e. The van der Waals surface area contributed by atoms with Gasteiger partial charge in [-0.1, -0.05) is 25.1 Å². The Morgan fingerprint density at radius 2 is 1.79 bits per heavy atom. The van der Waals surface area contributed by atoms with E-state index < -0.39 is 0 Å². The molecule has 0 saturated heterocycles. The summed E-state index contributed by atoms with van der Waals surface area (Å²) in [6.07, 6.45) is 2.35. The predicted molar refractivity (Wildman–Crippen MR) is 64.1 cm³/mol. The summed E-state index contributed by atoms with van der Waals surface area (Å²) in [6.45, 7) is 6.59. The van der Waals surface area contributed by atoms with Crippen LogP contribution in [0, 0.1) is 19.8 Å². The number of benzene rings is 1. The maximum atomic E-state index is 5.80. The van der Waals surface area contributed by atoms with Crippen LogP contribution in [-0.2, 0) is 6.42 Å². The molecule has 1 aromatic rings. The molecule has 0 aliphatic rings. The standard InChI is InChI=1S/C13H19Cl/c1-10(9-14)7-8-13-11(2)5-4-6-12(13)3/h4-6,10H,7-9H2,1-3H3. The van der Waals surface area contributed by atoms with Gasteiger partial charge in [0.15, 0.2) is 0 Å². The van der Waals surface area contributed by atoms with Crippen LogP contribution in [0.4, 0.5) is 0 Å². The molecule has 0 saturated carbocycles. The molecule has 0 fully saturated rings. The summed E-state index contributed by atoms with van der Waals surface area (Å²) >= 11 is 5.80. The summed E-state index contributed by atoms with van der Waals surface area (Å²) in [4.78, 5) is 0. The van der Waals surface area contributed by atoms with Crippen molar-refractivity contribution in [3.8, 4) is 0 Å². The number of hydrogen-bond acceptors (Lipinski definition) is 0. The Morgan fingerprint density at radius 1 is 1.21 bits per heavy atom. The van der Waals surface area contributed by atoms with E-state index in [9.17, 15) is 0 Å². The van der Waals surface area contributed by atoms with Gasteiger partial charge in [0, 0.05) is 5.88 Å². The Labute approximate surface area is 92.3 Å². The fraction of sp³-hybridized carbons (Fsp3) is 0.538. The molecule has 0 nitrogen and oxygen atoms in total. The molecule has 1 heteroatoms. The van der Waals surface area contributed by atoms with Crippen molar-refractivity contribution in [2.24, 2.45) is 5.92 Å². The Balaban J connectivity index is 2.66. The van der Waals surface area contributed by atoms with Crippen molar-refractivity contribution >= 4 is 11.6 Å². The lowest BCUT2D eigenvalue weighted by Gasteiger charge is -2.11. The van der Waals surface area contributed by atoms with Crippen molar-refractivity contribution in [1.82, 2.24) is 0 Å². The molecule has 0 heterocycles. The van der Waals surface area contributed by atoms with Crippen LogP contribution in [0.15, 0.2) is 18.2 Å². The summed E-state index contributed by atoms with van der Waals surface area (Å²) in [6, 6.07) is 6.50. The lowest BCUT2D eigenvalue weighted by molar-refractivity contribution is 0.591. The Hall–Kier alpha value is -0.490. The quantitative estimate of drug-likeness (QED) is 0.657. The monoisotopic (exact) mass is 210 g/mol. The minimum atomic E-state index is 0.621. The number of alkyl halides is 1. The molecular weight excluding hydrogens is 192 g/mol. The normalized spacial score (nSPS) is 12.9. The molecule has 1 atom stereocenters. The lowest BCUT2D eigenvalue weighted by atomic mass is 9.95. The van der Waals surface area contributed by atoms with E-state index >= 15 is 0 Å². The van der Waals surface area contributed by atoms with Gasteiger partial charge in [-0.15, -0.1) is 11.6 Å². The molecule has 0 aliphatic carbocycles. The molecule has 0 radical (unpaired) electrons. The minimum absolute atomic E-state index is 0.621. The first-order valence-electron chi connectivity index (χ1n) is 5.26. The molecule has 0 spiro atoms. The van der Waals surface area contributed by atoms with E-state index in [4.69, 9.17) is 11.6 Å². The van der Waals surface area contributed by atoms with Crippen LogP contribution in [0.2, 0.25) is 0 Å². The van der Waals surface area contributed by atoms with Crippen molar-refractivity contribution in [2.45, 2.75) is 33.6 Å². The van der Waals surface area contributed by atoms with Crippen LogP contribution >= 0.6 is 11.6 Å². The second-order valence-corrected chi connectivity index (χ2v) is 4.48. The average molecular weight is 211 g/mol. The minimum Gasteiger partial charge on any atom is -0.126 e. The lowest BCUT2D eigenvalue weighted by Crippen LogP contribution is -2.01. The van der Waals surface area contributed by atoms with Crippen molar-refractivity contribution in [3.05, 3.63) is 34.9 Å². The van der Waals surface area contributed by atoms with Crippen LogP contribution < -0.4 is 0 Å². The molecule has 0 aromatic heterocycles. The zero-order chi connectivity index (χ0) is 10.6. The van der Waals surface area contributed by atoms with E-state index in [0.29, 0.717) is 5.92 Å². The van der Waals surface area contributed by atoms with Gasteiger partial charge in [0.25, 0.3) is 0 Å². The highest BCUT2D eigenvalue weighted by molar-refractivity contribution is 6.18. The van der Waals surface area contributed by atoms with Gasteiger partial charge in [0.1, 0.15) is 0 Å². The third-order valence-electron chi connectivity index (χ3n) is 2.80. The third kappa shape index (κ3) is 3.02. The largest absolute Gasteiger partial charge is 0.126 e. The third-order valence-corrected chi connectivity index (χ3v) is 3.32. The van der Waals surface area contributed by atoms with Crippen LogP contribution in [0.1, 0.15) is 30.0 Å². The summed E-state index contributed by atoms with van der Waals surface area (Å²) in [5.41, 5.74) is 4.32. The molecule has 0 N–H and O–H groups in total. The molecule has 1 rings (SSSR count). The fourth-order valence-corrected chi connectivity index (χ4v) is 1.87. The van der Waals surface area contributed by atoms with Crippen LogP contribution in [0.25, 0.3) is 0 Å². The van der Waals surface area contributed by atoms with Gasteiger partial charge in [-0.25, -0.2) is 0 Å². The molecule has 1 unspecified atom stereocenters. The Morgan fingerprint density at radius 3 is 2.29 bits per heavy atom. The zero-order valence-electron chi connectivity index (χ0n) is 9.31. The fourth-order valence-electron chi connectivity index (χ4n) is 1.71. The summed E-state index contributed by atoms with van der Waals surface area (Å²) in [7, 11) is 0. The predicted octanol–water partition coefficient (Wildman–Crippen LogP) is 4.11. The van der Waals surface area contributed by atoms with Gasteiger partial charge in [-0.3, -0.25) is 0 Å². The number of rotatable bonds is 4. The average Bonchev–Trinajstić information content (AvgIpc) is 2.16. The first kappa shape index (κ1) is 11.6. The highest BCUT2D eigenvalue weighted by Gasteiger charge is 2.05. The topological polar surface area (TPSA) is 0 Å². The van der Waals surface area contributed by atoms with Gasteiger partial charge in [-0.2, -0.15) is 0 Å². The Bertz CT molecular complexity index is 271. The number of halogens is 1. The van der Waals surface area contributed by atoms with E-state index in [1.54, 1.807) is 0 Å². The van der Waals surface area contributed by atoms with Crippen molar-refractivity contribution < 1.29 is 0 Å². The summed E-state index contributed by atoms with van der Waals surface area (Å²) < 4.78 is 0. The highest BCUT2D eigenvalue weighted by Crippen LogP contribution is 2.18. The molecule has 1 aromatic carbocycles. The van der Waals surface area contributed by atoms with E-state index in [0.717, 1.165) is 12.3 Å². The SMILES string of the molecule is Cc1cccc(C)c1CCC(C)CCl. The van der Waals surface area contributed by atoms with Gasteiger partial charge < -0.3 is 0 Å². The van der Waals surface area contributed by atoms with Gasteiger partial charge in [0.05, 0.1) is 0 Å². The molecule has 0 amide bonds. The molecular formula is C13H19Cl. The summed E-state index contributed by atoms with van der Waals surface area (Å²) in [5, 5.41) is 0.